The van der Waals surface area contributed by atoms with Gasteiger partial charge in [0.25, 0.3) is 0 Å². The number of nitriles is 1. The number of fused-ring (bicyclic) bond motifs is 15. The van der Waals surface area contributed by atoms with Gasteiger partial charge in [0, 0.05) is 65.9 Å². The monoisotopic (exact) mass is 1050 g/mol. The number of hydrogen-bond donors (Lipinski definition) is 0. The van der Waals surface area contributed by atoms with Crippen molar-refractivity contribution in [2.75, 3.05) is 0 Å². The summed E-state index contributed by atoms with van der Waals surface area (Å²) in [6.45, 7) is 17.0. The molecule has 4 unspecified atom stereocenters. The first-order valence-corrected chi connectivity index (χ1v) is 31.2. The first-order chi connectivity index (χ1) is 39.0. The molecule has 0 spiro atoms. The number of nitrogens with zero attached hydrogens (tertiary/aromatic N) is 3. The molecule has 4 aromatic heterocycles. The Bertz CT molecular complexity index is 4960. The molecule has 81 heavy (non-hydrogen) atoms. The third-order valence-corrected chi connectivity index (χ3v) is 25.2. The Hall–Kier alpha value is -7.22. The molecule has 4 heteroatoms. The molecule has 396 valence electrons. The van der Waals surface area contributed by atoms with Crippen LogP contribution in [0.2, 0.25) is 0 Å². The summed E-state index contributed by atoms with van der Waals surface area (Å²) >= 11 is 0. The predicted molar refractivity (Wildman–Crippen MR) is 330 cm³/mol. The summed E-state index contributed by atoms with van der Waals surface area (Å²) in [5.41, 5.74) is 21.1. The number of aromatic nitrogens is 2. The van der Waals surface area contributed by atoms with Gasteiger partial charge in [-0.2, -0.15) is 5.26 Å². The largest absolute Gasteiger partial charge is 0.308 e. The molecule has 11 aliphatic carbocycles. The van der Waals surface area contributed by atoms with Crippen molar-refractivity contribution >= 4 is 92.7 Å². The maximum absolute atomic E-state index is 15.7. The summed E-state index contributed by atoms with van der Waals surface area (Å²) in [7, 11) is 0. The zero-order valence-electron chi connectivity index (χ0n) is 47.8. The second-order valence-electron chi connectivity index (χ2n) is 30.6. The third kappa shape index (κ3) is 5.08. The van der Waals surface area contributed by atoms with Crippen LogP contribution in [0.15, 0.2) is 115 Å². The van der Waals surface area contributed by atoms with Crippen LogP contribution in [0.25, 0.3) is 87.0 Å². The van der Waals surface area contributed by atoms with Gasteiger partial charge in [0.2, 0.25) is 0 Å². The van der Waals surface area contributed by atoms with Gasteiger partial charge >= 0.3 is 0 Å². The Balaban J connectivity index is 0.933. The van der Waals surface area contributed by atoms with Crippen molar-refractivity contribution < 1.29 is 4.79 Å². The van der Waals surface area contributed by atoms with Crippen LogP contribution in [0.4, 0.5) is 0 Å². The molecule has 4 heterocycles. The fourth-order valence-corrected chi connectivity index (χ4v) is 22.4. The van der Waals surface area contributed by atoms with E-state index < -0.39 is 0 Å². The number of benzene rings is 8. The fraction of sp³-hybridized carbons (Fsp3) is 0.377. The molecular weight excluding hydrogens is 983 g/mol. The predicted octanol–water partition coefficient (Wildman–Crippen LogP) is 19.1. The van der Waals surface area contributed by atoms with Crippen LogP contribution in [0, 0.1) is 51.8 Å². The minimum absolute atomic E-state index is 0.00904. The van der Waals surface area contributed by atoms with Gasteiger partial charge in [-0.15, -0.1) is 0 Å². The minimum atomic E-state index is -0.360. The maximum Gasteiger partial charge on any atom is 0.169 e. The van der Waals surface area contributed by atoms with Crippen LogP contribution in [0.3, 0.4) is 0 Å². The summed E-state index contributed by atoms with van der Waals surface area (Å²) in [5.74, 6) is 3.83. The zero-order chi connectivity index (χ0) is 54.1. The standard InChI is InChI=1S/C77H67N3O/c1-73(2,3)44-28-54-50-30-58-56(72(81)76(7)21-20-75(58,6)71-57(76)18-19-74(71,4)5)33-61(50)79-59-31-51-53-26-41-25-43(77-34-38-22-39(35-77)24-40(23-38)36-77)16-17-45(41)66-67-62(80(70(53)66)60(51)32-52(59)55(29-44)69(54)79)27-42(37-78)63-64-46-12-8-10-14-48(46)65(68(63)67)49-15-11-9-13-47(49)64/h8-17,25-33,38-40,57,64-65,71H,18-24,34-36H2,1-7H3. The Morgan fingerprint density at radius 1 is 0.556 bits per heavy atom. The molecule has 0 aliphatic heterocycles. The van der Waals surface area contributed by atoms with Crippen molar-refractivity contribution in [1.29, 1.82) is 5.26 Å². The molecule has 6 saturated carbocycles. The highest BCUT2D eigenvalue weighted by atomic mass is 16.1. The molecule has 8 bridgehead atoms. The van der Waals surface area contributed by atoms with E-state index in [9.17, 15) is 5.26 Å². The normalized spacial score (nSPS) is 30.3. The Kier molecular flexibility index (Phi) is 7.84. The number of carbonyl (C=O) groups excluding carboxylic acids is 1. The van der Waals surface area contributed by atoms with Crippen molar-refractivity contribution in [3.63, 3.8) is 0 Å². The van der Waals surface area contributed by atoms with Crippen LogP contribution >= 0.6 is 0 Å². The zero-order valence-corrected chi connectivity index (χ0v) is 47.8. The molecule has 0 amide bonds. The van der Waals surface area contributed by atoms with Gasteiger partial charge in [-0.05, 0) is 225 Å². The smallest absolute Gasteiger partial charge is 0.169 e. The van der Waals surface area contributed by atoms with Gasteiger partial charge in [-0.3, -0.25) is 4.79 Å². The molecule has 0 saturated heterocycles. The molecule has 0 N–H and O–H groups in total. The van der Waals surface area contributed by atoms with Crippen molar-refractivity contribution in [3.05, 3.63) is 176 Å². The molecule has 6 fully saturated rings. The number of ketones is 1. The van der Waals surface area contributed by atoms with E-state index in [1.165, 1.54) is 165 Å². The van der Waals surface area contributed by atoms with Crippen LogP contribution in [0.1, 0.15) is 191 Å². The number of hydrogen-bond acceptors (Lipinski definition) is 2. The summed E-state index contributed by atoms with van der Waals surface area (Å²) in [4.78, 5) is 15.7. The van der Waals surface area contributed by atoms with E-state index >= 15 is 4.79 Å². The number of Topliss-reactive ketones (excluding diaryl/α,β-unsaturated/α-hetero) is 1. The van der Waals surface area contributed by atoms with Crippen molar-refractivity contribution in [1.82, 2.24) is 8.80 Å². The quantitative estimate of drug-likeness (QED) is 0.164. The van der Waals surface area contributed by atoms with E-state index in [1.54, 1.807) is 5.56 Å². The molecule has 12 aromatic rings. The molecule has 11 aliphatic rings. The van der Waals surface area contributed by atoms with Crippen LogP contribution < -0.4 is 0 Å². The topological polar surface area (TPSA) is 49.7 Å². The summed E-state index contributed by atoms with van der Waals surface area (Å²) in [5, 5.41) is 24.5. The van der Waals surface area contributed by atoms with Crippen molar-refractivity contribution in [3.8, 4) is 6.07 Å². The maximum atomic E-state index is 15.7. The fourth-order valence-electron chi connectivity index (χ4n) is 22.4. The highest BCUT2D eigenvalue weighted by molar-refractivity contribution is 6.34. The Morgan fingerprint density at radius 2 is 1.12 bits per heavy atom. The van der Waals surface area contributed by atoms with Crippen molar-refractivity contribution in [2.24, 2.45) is 40.4 Å². The third-order valence-electron chi connectivity index (χ3n) is 25.2. The molecule has 0 radical (unpaired) electrons. The van der Waals surface area contributed by atoms with Gasteiger partial charge < -0.3 is 8.80 Å². The molecule has 4 nitrogen and oxygen atoms in total. The highest BCUT2D eigenvalue weighted by Crippen LogP contribution is 2.70. The Morgan fingerprint density at radius 3 is 1.74 bits per heavy atom. The lowest BCUT2D eigenvalue weighted by Gasteiger charge is -2.57. The first kappa shape index (κ1) is 45.4. The highest BCUT2D eigenvalue weighted by Gasteiger charge is 2.65. The molecule has 4 atom stereocenters. The van der Waals surface area contributed by atoms with E-state index in [0.717, 1.165) is 59.2 Å². The van der Waals surface area contributed by atoms with Crippen molar-refractivity contribution in [2.45, 2.75) is 141 Å². The van der Waals surface area contributed by atoms with Crippen LogP contribution in [0.5, 0.6) is 0 Å². The second-order valence-corrected chi connectivity index (χ2v) is 30.6. The molecular formula is C77H67N3O. The average Bonchev–Trinajstić information content (AvgIpc) is 4.46. The number of rotatable bonds is 1. The number of carbonyl (C=O) groups is 1. The van der Waals surface area contributed by atoms with E-state index in [0.29, 0.717) is 17.6 Å². The van der Waals surface area contributed by atoms with Gasteiger partial charge in [0.1, 0.15) is 0 Å². The summed E-state index contributed by atoms with van der Waals surface area (Å²) in [6, 6.07) is 48.8. The molecule has 23 rings (SSSR count). The van der Waals surface area contributed by atoms with Crippen LogP contribution in [-0.2, 0) is 16.2 Å². The van der Waals surface area contributed by atoms with E-state index in [-0.39, 0.29) is 38.9 Å². The van der Waals surface area contributed by atoms with Crippen LogP contribution in [-0.4, -0.2) is 14.6 Å². The minimum Gasteiger partial charge on any atom is -0.308 e. The molecule has 8 aromatic carbocycles. The van der Waals surface area contributed by atoms with Gasteiger partial charge in [-0.25, -0.2) is 0 Å². The van der Waals surface area contributed by atoms with E-state index in [1.807, 2.05) is 0 Å². The summed E-state index contributed by atoms with van der Waals surface area (Å²) in [6.07, 6.45) is 12.7. The van der Waals surface area contributed by atoms with E-state index in [2.05, 4.69) is 179 Å². The summed E-state index contributed by atoms with van der Waals surface area (Å²) < 4.78 is 5.19. The first-order valence-electron chi connectivity index (χ1n) is 31.2. The lowest BCUT2D eigenvalue weighted by molar-refractivity contribution is -0.00513. The lowest BCUT2D eigenvalue weighted by atomic mass is 9.48. The van der Waals surface area contributed by atoms with E-state index in [4.69, 9.17) is 0 Å². The van der Waals surface area contributed by atoms with Gasteiger partial charge in [-0.1, -0.05) is 115 Å². The van der Waals surface area contributed by atoms with Gasteiger partial charge in [0.15, 0.2) is 5.78 Å². The van der Waals surface area contributed by atoms with Gasteiger partial charge in [0.05, 0.1) is 44.7 Å². The second kappa shape index (κ2) is 14.0. The Labute approximate surface area is 472 Å². The lowest BCUT2D eigenvalue weighted by Crippen LogP contribution is -2.50. The average molecular weight is 1050 g/mol. The SMILES string of the molecule is CC(C)(C)c1cc2c3cc4c(cc3n3c5cc6c7cc8cc(C9%10CC%11CC(CC(C%11)C9)C%10)ccc8c8c9c%10c(c(C#N)cc9n(c6cc5c(c1)c23)c78)C1c2ccccc2C%10c2ccccc21)C(=O)C1(C)CCC4(C)C2C1CCC2(C)C.